The molecule has 2 aromatic heterocycles. The average molecular weight is 767 g/mol. The summed E-state index contributed by atoms with van der Waals surface area (Å²) in [5, 5.41) is 8.14. The number of likely N-dealkylation sites (tertiary alicyclic amines) is 2. The first-order valence-corrected chi connectivity index (χ1v) is 19.7. The lowest BCUT2D eigenvalue weighted by Crippen LogP contribution is -2.63. The van der Waals surface area contributed by atoms with Gasteiger partial charge in [-0.25, -0.2) is 14.6 Å². The Morgan fingerprint density at radius 3 is 2.30 bits per heavy atom. The molecule has 3 N–H and O–H groups in total. The van der Waals surface area contributed by atoms with Crippen LogP contribution in [0.5, 0.6) is 11.5 Å². The molecule has 4 saturated heterocycles. The quantitative estimate of drug-likeness (QED) is 0.209. The van der Waals surface area contributed by atoms with E-state index in [1.165, 1.54) is 6.33 Å². The number of para-hydroxylation sites is 1. The Kier molecular flexibility index (Phi) is 8.70. The van der Waals surface area contributed by atoms with Crippen molar-refractivity contribution in [3.8, 4) is 22.8 Å². The van der Waals surface area contributed by atoms with Crippen LogP contribution in [0.1, 0.15) is 52.4 Å². The van der Waals surface area contributed by atoms with Gasteiger partial charge in [0.15, 0.2) is 5.65 Å². The summed E-state index contributed by atoms with van der Waals surface area (Å²) >= 11 is 0. The van der Waals surface area contributed by atoms with E-state index in [0.29, 0.717) is 28.9 Å². The molecule has 0 spiro atoms. The van der Waals surface area contributed by atoms with Crippen LogP contribution in [0.4, 0.5) is 11.5 Å². The zero-order valence-electron chi connectivity index (χ0n) is 31.3. The Labute approximate surface area is 328 Å². The van der Waals surface area contributed by atoms with E-state index >= 15 is 0 Å². The van der Waals surface area contributed by atoms with E-state index in [0.717, 1.165) is 103 Å². The molecule has 0 aliphatic carbocycles. The molecule has 290 valence electrons. The Bertz CT molecular complexity index is 2400. The van der Waals surface area contributed by atoms with Crippen LogP contribution in [-0.2, 0) is 9.59 Å². The van der Waals surface area contributed by atoms with Gasteiger partial charge in [-0.3, -0.25) is 39.2 Å². The van der Waals surface area contributed by atoms with Gasteiger partial charge in [-0.2, -0.15) is 5.10 Å². The van der Waals surface area contributed by atoms with Crippen molar-refractivity contribution < 1.29 is 23.9 Å². The molecular formula is C42H42N10O5. The van der Waals surface area contributed by atoms with Gasteiger partial charge in [-0.1, -0.05) is 24.3 Å². The molecule has 7 heterocycles. The number of nitrogen functional groups attached to an aromatic ring is 1. The minimum atomic E-state index is -0.972. The summed E-state index contributed by atoms with van der Waals surface area (Å²) in [6, 6.07) is 22.6. The van der Waals surface area contributed by atoms with E-state index in [4.69, 9.17) is 15.6 Å². The highest BCUT2D eigenvalue weighted by Gasteiger charge is 2.47. The number of amides is 4. The average Bonchev–Trinajstić information content (AvgIpc) is 3.70. The Hall–Kier alpha value is -6.19. The monoisotopic (exact) mass is 766 g/mol. The van der Waals surface area contributed by atoms with E-state index in [-0.39, 0.29) is 24.8 Å². The van der Waals surface area contributed by atoms with Crippen molar-refractivity contribution in [2.45, 2.75) is 43.8 Å². The number of carbonyl (C=O) groups excluding carboxylic acids is 4. The highest BCUT2D eigenvalue weighted by molar-refractivity contribution is 6.25. The van der Waals surface area contributed by atoms with Gasteiger partial charge in [0.25, 0.3) is 11.8 Å². The number of benzene rings is 3. The van der Waals surface area contributed by atoms with Gasteiger partial charge in [0.05, 0.1) is 28.2 Å². The number of hydrogen-bond donors (Lipinski definition) is 2. The van der Waals surface area contributed by atoms with Crippen molar-refractivity contribution in [2.75, 3.05) is 56.4 Å². The number of rotatable bonds is 9. The summed E-state index contributed by atoms with van der Waals surface area (Å²) in [5.74, 6) is 0.465. The van der Waals surface area contributed by atoms with Crippen molar-refractivity contribution in [1.82, 2.24) is 39.8 Å². The van der Waals surface area contributed by atoms with Crippen LogP contribution >= 0.6 is 0 Å². The van der Waals surface area contributed by atoms with Crippen LogP contribution < -0.4 is 20.7 Å². The third kappa shape index (κ3) is 6.26. The first kappa shape index (κ1) is 35.2. The number of piperidine rings is 2. The van der Waals surface area contributed by atoms with Crippen molar-refractivity contribution in [3.05, 3.63) is 90.3 Å². The molecule has 0 radical (unpaired) electrons. The fourth-order valence-electron chi connectivity index (χ4n) is 9.18. The maximum atomic E-state index is 13.6. The van der Waals surface area contributed by atoms with E-state index < -0.39 is 23.8 Å². The third-order valence-corrected chi connectivity index (χ3v) is 12.2. The number of imide groups is 2. The lowest BCUT2D eigenvalue weighted by atomic mass is 9.93. The van der Waals surface area contributed by atoms with Crippen LogP contribution in [0.25, 0.3) is 22.3 Å². The van der Waals surface area contributed by atoms with E-state index in [9.17, 15) is 19.2 Å². The number of aromatic nitrogens is 4. The Morgan fingerprint density at radius 1 is 0.789 bits per heavy atom. The summed E-state index contributed by atoms with van der Waals surface area (Å²) < 4.78 is 8.06. The van der Waals surface area contributed by atoms with Gasteiger partial charge in [0.2, 0.25) is 11.8 Å². The SMILES string of the molecule is Nc1ncnc2c1c(-c1ccc(Oc3ccccc3)cc1)nn2C1CCN(C2CN(CC3CN(c4cccc5c4C(=O)N(C4CCC(=O)NC4=O)C5=O)C3)C2)CC1. The van der Waals surface area contributed by atoms with E-state index in [1.807, 2.05) is 60.7 Å². The van der Waals surface area contributed by atoms with E-state index in [1.54, 1.807) is 12.1 Å². The Morgan fingerprint density at radius 2 is 1.54 bits per heavy atom. The molecule has 5 aromatic rings. The fourth-order valence-corrected chi connectivity index (χ4v) is 9.18. The smallest absolute Gasteiger partial charge is 0.264 e. The summed E-state index contributed by atoms with van der Waals surface area (Å²) in [6.45, 7) is 6.58. The predicted octanol–water partition coefficient (Wildman–Crippen LogP) is 3.73. The van der Waals surface area contributed by atoms with E-state index in [2.05, 4.69) is 34.7 Å². The summed E-state index contributed by atoms with van der Waals surface area (Å²) in [6.07, 6.45) is 3.67. The normalized spacial score (nSPS) is 21.2. The van der Waals surface area contributed by atoms with Gasteiger partial charge in [-0.05, 0) is 67.8 Å². The largest absolute Gasteiger partial charge is 0.457 e. The minimum absolute atomic E-state index is 0.0960. The van der Waals surface area contributed by atoms with Gasteiger partial charge >= 0.3 is 0 Å². The molecular weight excluding hydrogens is 725 g/mol. The van der Waals surface area contributed by atoms with Crippen molar-refractivity contribution in [2.24, 2.45) is 5.92 Å². The summed E-state index contributed by atoms with van der Waals surface area (Å²) in [5.41, 5.74) is 10.3. The van der Waals surface area contributed by atoms with Crippen molar-refractivity contribution in [3.63, 3.8) is 0 Å². The number of nitrogens with two attached hydrogens (primary N) is 1. The number of nitrogens with zero attached hydrogens (tertiary/aromatic N) is 8. The molecule has 0 bridgehead atoms. The maximum absolute atomic E-state index is 13.6. The summed E-state index contributed by atoms with van der Waals surface area (Å²) in [7, 11) is 0. The highest BCUT2D eigenvalue weighted by Crippen LogP contribution is 2.39. The van der Waals surface area contributed by atoms with Crippen LogP contribution in [0.2, 0.25) is 0 Å². The number of anilines is 2. The van der Waals surface area contributed by atoms with Crippen LogP contribution in [0.15, 0.2) is 79.1 Å². The van der Waals surface area contributed by atoms with Crippen LogP contribution in [0, 0.1) is 5.92 Å². The van der Waals surface area contributed by atoms with Crippen molar-refractivity contribution >= 4 is 46.2 Å². The standard InChI is InChI=1S/C42H42N10O5/c43-38-36-37(26-9-11-30(12-10-26)57-29-5-2-1-3-6-29)47-52(39(36)45-24-44-38)27-15-17-49(18-16-27)28-22-48(23-28)19-25-20-50(21-25)32-8-4-7-31-35(32)42(56)51(41(31)55)33-13-14-34(53)46-40(33)54/h1-12,24-25,27-28,33H,13-23H2,(H2,43,44,45)(H,46,53,54). The third-order valence-electron chi connectivity index (χ3n) is 12.2. The zero-order chi connectivity index (χ0) is 38.8. The van der Waals surface area contributed by atoms with Crippen molar-refractivity contribution in [1.29, 1.82) is 0 Å². The molecule has 3 aromatic carbocycles. The molecule has 4 amide bonds. The first-order chi connectivity index (χ1) is 27.8. The summed E-state index contributed by atoms with van der Waals surface area (Å²) in [4.78, 5) is 68.3. The molecule has 15 nitrogen and oxygen atoms in total. The fraction of sp³-hybridized carbons (Fsp3) is 0.357. The number of nitrogens with one attached hydrogen (secondary N) is 1. The lowest BCUT2D eigenvalue weighted by Gasteiger charge is -2.51. The molecule has 10 rings (SSSR count). The minimum Gasteiger partial charge on any atom is -0.457 e. The zero-order valence-corrected chi connectivity index (χ0v) is 31.3. The van der Waals surface area contributed by atoms with Gasteiger partial charge in [0, 0.05) is 69.8 Å². The number of fused-ring (bicyclic) bond motifs is 2. The number of ether oxygens (including phenoxy) is 1. The maximum Gasteiger partial charge on any atom is 0.264 e. The number of carbonyl (C=O) groups is 4. The van der Waals surface area contributed by atoms with Gasteiger partial charge in [0.1, 0.15) is 35.4 Å². The molecule has 15 heteroatoms. The highest BCUT2D eigenvalue weighted by atomic mass is 16.5. The Balaban J connectivity index is 0.731. The second-order valence-electron chi connectivity index (χ2n) is 15.7. The molecule has 5 aliphatic rings. The van der Waals surface area contributed by atoms with Gasteiger partial charge < -0.3 is 15.4 Å². The topological polar surface area (TPSA) is 172 Å². The first-order valence-electron chi connectivity index (χ1n) is 19.7. The van der Waals surface area contributed by atoms with Crippen LogP contribution in [-0.4, -0.2) is 116 Å². The molecule has 57 heavy (non-hydrogen) atoms. The molecule has 1 unspecified atom stereocenters. The molecule has 4 fully saturated rings. The lowest BCUT2D eigenvalue weighted by molar-refractivity contribution is -0.136. The van der Waals surface area contributed by atoms with Crippen LogP contribution in [0.3, 0.4) is 0 Å². The number of hydrogen-bond acceptors (Lipinski definition) is 12. The van der Waals surface area contributed by atoms with Gasteiger partial charge in [-0.15, -0.1) is 0 Å². The molecule has 5 aliphatic heterocycles. The second-order valence-corrected chi connectivity index (χ2v) is 15.7. The molecule has 0 saturated carbocycles. The second kappa shape index (κ2) is 14.1. The molecule has 1 atom stereocenters. The predicted molar refractivity (Wildman–Crippen MR) is 211 cm³/mol.